The predicted octanol–water partition coefficient (Wildman–Crippen LogP) is 0.699. The number of allylic oxidation sites excluding steroid dienone is 2. The van der Waals surface area contributed by atoms with Crippen LogP contribution in [-0.4, -0.2) is 28.2 Å². The quantitative estimate of drug-likeness (QED) is 0.504. The fraction of sp³-hybridized carbons (Fsp3) is 0.750. The van der Waals surface area contributed by atoms with E-state index >= 15 is 0 Å². The van der Waals surface area contributed by atoms with Crippen LogP contribution in [0, 0.1) is 0 Å². The first-order valence-electron chi connectivity index (χ1n) is 4.11. The van der Waals surface area contributed by atoms with E-state index in [2.05, 4.69) is 18.7 Å². The Labute approximate surface area is 66.5 Å². The molecule has 58 valence electrons. The fourth-order valence-electron chi connectivity index (χ4n) is 1.37. The third kappa shape index (κ3) is 1.63. The van der Waals surface area contributed by atoms with Crippen LogP contribution < -0.4 is 0 Å². The lowest BCUT2D eigenvalue weighted by Crippen LogP contribution is -2.17. The van der Waals surface area contributed by atoms with Crippen molar-refractivity contribution >= 4 is 10.2 Å². The van der Waals surface area contributed by atoms with Crippen molar-refractivity contribution < 1.29 is 0 Å². The van der Waals surface area contributed by atoms with Crippen molar-refractivity contribution in [2.45, 2.75) is 26.7 Å². The summed E-state index contributed by atoms with van der Waals surface area (Å²) in [7, 11) is 1.23. The van der Waals surface area contributed by atoms with Crippen molar-refractivity contribution in [1.82, 2.24) is 4.90 Å². The molecule has 0 bridgehead atoms. The maximum Gasteiger partial charge on any atom is 0.0351 e. The van der Waals surface area contributed by atoms with Crippen molar-refractivity contribution in [2.75, 3.05) is 13.1 Å². The van der Waals surface area contributed by atoms with Crippen molar-refractivity contribution in [1.29, 1.82) is 0 Å². The second-order valence-electron chi connectivity index (χ2n) is 3.28. The van der Waals surface area contributed by atoms with Gasteiger partial charge in [-0.1, -0.05) is 5.20 Å². The van der Waals surface area contributed by atoms with Crippen LogP contribution in [0.5, 0.6) is 0 Å². The lowest BCUT2D eigenvalue weighted by molar-refractivity contribution is 0.425. The van der Waals surface area contributed by atoms with E-state index in [-0.39, 0.29) is 0 Å². The second kappa shape index (κ2) is 3.24. The molecule has 0 radical (unpaired) electrons. The highest BCUT2D eigenvalue weighted by Gasteiger charge is 2.11. The highest BCUT2D eigenvalue weighted by Crippen LogP contribution is 2.15. The van der Waals surface area contributed by atoms with Gasteiger partial charge in [-0.05, 0) is 26.7 Å². The molecule has 1 rings (SSSR count). The lowest BCUT2D eigenvalue weighted by atomic mass is 10.4. The van der Waals surface area contributed by atoms with Gasteiger partial charge in [0, 0.05) is 29.0 Å². The van der Waals surface area contributed by atoms with Crippen molar-refractivity contribution in [2.24, 2.45) is 0 Å². The molecule has 0 aliphatic carbocycles. The van der Waals surface area contributed by atoms with Gasteiger partial charge in [0.25, 0.3) is 0 Å². The normalized spacial score (nSPS) is 21.6. The van der Waals surface area contributed by atoms with Crippen LogP contribution in [-0.2, 0) is 0 Å². The number of likely N-dealkylation sites (tertiary alicyclic amines) is 1. The van der Waals surface area contributed by atoms with Crippen LogP contribution in [0.3, 0.4) is 0 Å². The van der Waals surface area contributed by atoms with Crippen LogP contribution >= 0.6 is 0 Å². The van der Waals surface area contributed by atoms with E-state index in [1.54, 1.807) is 10.9 Å². The molecular weight excluding hydrogens is 138 g/mol. The van der Waals surface area contributed by atoms with E-state index in [0.717, 1.165) is 0 Å². The molecular formula is C8H17NSi. The maximum absolute atomic E-state index is 2.52. The van der Waals surface area contributed by atoms with Crippen molar-refractivity contribution in [3.05, 3.63) is 10.9 Å². The van der Waals surface area contributed by atoms with Gasteiger partial charge < -0.3 is 4.90 Å². The van der Waals surface area contributed by atoms with Gasteiger partial charge in [-0.15, -0.1) is 0 Å². The topological polar surface area (TPSA) is 3.24 Å². The molecule has 1 fully saturated rings. The molecule has 2 heteroatoms. The standard InChI is InChI=1S/C8H17NSi/c1-7(8(2)10)9-5-3-4-6-9/h3-6H2,1-2,10H3. The van der Waals surface area contributed by atoms with E-state index in [1.165, 1.54) is 36.2 Å². The van der Waals surface area contributed by atoms with Gasteiger partial charge in [0.2, 0.25) is 0 Å². The van der Waals surface area contributed by atoms with Gasteiger partial charge in [-0.2, -0.15) is 0 Å². The largest absolute Gasteiger partial charge is 0.375 e. The zero-order chi connectivity index (χ0) is 7.56. The molecule has 1 aliphatic heterocycles. The lowest BCUT2D eigenvalue weighted by Gasteiger charge is -2.19. The molecule has 10 heavy (non-hydrogen) atoms. The highest BCUT2D eigenvalue weighted by molar-refractivity contribution is 6.21. The van der Waals surface area contributed by atoms with Gasteiger partial charge >= 0.3 is 0 Å². The molecule has 0 unspecified atom stereocenters. The number of rotatable bonds is 1. The predicted molar refractivity (Wildman–Crippen MR) is 49.1 cm³/mol. The Morgan fingerprint density at radius 2 is 1.70 bits per heavy atom. The SMILES string of the molecule is CC([SiH3])=C(C)N1CCCC1. The van der Waals surface area contributed by atoms with Crippen LogP contribution in [0.1, 0.15) is 26.7 Å². The molecule has 1 aliphatic rings. The summed E-state index contributed by atoms with van der Waals surface area (Å²) in [6, 6.07) is 0. The first-order chi connectivity index (χ1) is 4.72. The van der Waals surface area contributed by atoms with Crippen molar-refractivity contribution in [3.8, 4) is 0 Å². The van der Waals surface area contributed by atoms with E-state index in [1.807, 2.05) is 0 Å². The number of hydrogen-bond donors (Lipinski definition) is 0. The first kappa shape index (κ1) is 7.86. The van der Waals surface area contributed by atoms with E-state index in [0.29, 0.717) is 0 Å². The molecule has 1 nitrogen and oxygen atoms in total. The van der Waals surface area contributed by atoms with Gasteiger partial charge in [-0.3, -0.25) is 0 Å². The Balaban J connectivity index is 2.56. The van der Waals surface area contributed by atoms with Crippen LogP contribution in [0.2, 0.25) is 0 Å². The number of hydrogen-bond acceptors (Lipinski definition) is 1. The van der Waals surface area contributed by atoms with Gasteiger partial charge in [-0.25, -0.2) is 0 Å². The Morgan fingerprint density at radius 3 is 2.10 bits per heavy atom. The summed E-state index contributed by atoms with van der Waals surface area (Å²) in [6.45, 7) is 7.10. The minimum absolute atomic E-state index is 1.23. The van der Waals surface area contributed by atoms with Gasteiger partial charge in [0.15, 0.2) is 0 Å². The molecule has 0 spiro atoms. The summed E-state index contributed by atoms with van der Waals surface area (Å²) in [6.07, 6.45) is 2.79. The Bertz CT molecular complexity index is 141. The Morgan fingerprint density at radius 1 is 1.20 bits per heavy atom. The van der Waals surface area contributed by atoms with Crippen LogP contribution in [0.15, 0.2) is 10.9 Å². The monoisotopic (exact) mass is 155 g/mol. The molecule has 1 saturated heterocycles. The van der Waals surface area contributed by atoms with Gasteiger partial charge in [0.05, 0.1) is 0 Å². The van der Waals surface area contributed by atoms with Gasteiger partial charge in [0.1, 0.15) is 0 Å². The summed E-state index contributed by atoms with van der Waals surface area (Å²) < 4.78 is 0. The molecule has 0 aromatic rings. The zero-order valence-electron chi connectivity index (χ0n) is 7.28. The third-order valence-electron chi connectivity index (χ3n) is 2.30. The summed E-state index contributed by atoms with van der Waals surface area (Å²) in [5, 5.41) is 1.60. The molecule has 0 N–H and O–H groups in total. The summed E-state index contributed by atoms with van der Waals surface area (Å²) in [4.78, 5) is 2.52. The first-order valence-corrected chi connectivity index (χ1v) is 5.11. The molecule has 0 aromatic heterocycles. The maximum atomic E-state index is 2.52. The Hall–Kier alpha value is -0.243. The number of nitrogens with zero attached hydrogens (tertiary/aromatic N) is 1. The fourth-order valence-corrected chi connectivity index (χ4v) is 1.68. The smallest absolute Gasteiger partial charge is 0.0351 e. The molecule has 0 saturated carbocycles. The summed E-state index contributed by atoms with van der Waals surface area (Å²) in [5.74, 6) is 0. The molecule has 1 heterocycles. The second-order valence-corrected chi connectivity index (χ2v) is 4.78. The Kier molecular flexibility index (Phi) is 2.54. The van der Waals surface area contributed by atoms with Crippen molar-refractivity contribution in [3.63, 3.8) is 0 Å². The minimum Gasteiger partial charge on any atom is -0.375 e. The van der Waals surface area contributed by atoms with E-state index in [4.69, 9.17) is 0 Å². The molecule has 0 amide bonds. The minimum atomic E-state index is 1.23. The van der Waals surface area contributed by atoms with Crippen LogP contribution in [0.25, 0.3) is 0 Å². The highest BCUT2D eigenvalue weighted by atomic mass is 28.1. The molecule has 0 atom stereocenters. The molecule has 0 aromatic carbocycles. The van der Waals surface area contributed by atoms with E-state index < -0.39 is 0 Å². The average Bonchev–Trinajstić information content (AvgIpc) is 2.36. The van der Waals surface area contributed by atoms with E-state index in [9.17, 15) is 0 Å². The third-order valence-corrected chi connectivity index (χ3v) is 3.03. The summed E-state index contributed by atoms with van der Waals surface area (Å²) >= 11 is 0. The van der Waals surface area contributed by atoms with Crippen LogP contribution in [0.4, 0.5) is 0 Å². The summed E-state index contributed by atoms with van der Waals surface area (Å²) in [5.41, 5.74) is 1.55. The zero-order valence-corrected chi connectivity index (χ0v) is 9.28. The average molecular weight is 155 g/mol.